The van der Waals surface area contributed by atoms with E-state index in [-0.39, 0.29) is 16.6 Å². The molecule has 2 rings (SSSR count). The average molecular weight is 330 g/mol. The molecule has 2 atom stereocenters. The first-order valence-corrected chi connectivity index (χ1v) is 7.42. The first-order valence-electron chi connectivity index (χ1n) is 6.63. The molecule has 0 spiro atoms. The van der Waals surface area contributed by atoms with E-state index < -0.39 is 6.10 Å². The highest BCUT2D eigenvalue weighted by Gasteiger charge is 2.50. The van der Waals surface area contributed by atoms with Crippen molar-refractivity contribution in [3.63, 3.8) is 0 Å². The minimum atomic E-state index is -0.429. The fourth-order valence-electron chi connectivity index (χ4n) is 3.19. The monoisotopic (exact) mass is 329 g/mol. The molecule has 0 aromatic heterocycles. The van der Waals surface area contributed by atoms with Crippen molar-refractivity contribution in [2.75, 3.05) is 6.54 Å². The van der Waals surface area contributed by atoms with E-state index in [0.29, 0.717) is 13.0 Å². The van der Waals surface area contributed by atoms with Crippen LogP contribution in [0.5, 0.6) is 0 Å². The minimum absolute atomic E-state index is 0.105. The summed E-state index contributed by atoms with van der Waals surface area (Å²) in [6.45, 7) is 4.60. The average Bonchev–Trinajstić information content (AvgIpc) is 2.57. The molecule has 1 aliphatic rings. The lowest BCUT2D eigenvalue weighted by Crippen LogP contribution is -2.44. The summed E-state index contributed by atoms with van der Waals surface area (Å²) < 4.78 is 13.9. The van der Waals surface area contributed by atoms with Gasteiger partial charge in [0, 0.05) is 16.4 Å². The number of nitrogens with two attached hydrogens (primary N) is 1. The lowest BCUT2D eigenvalue weighted by Gasteiger charge is -2.36. The Labute approximate surface area is 122 Å². The van der Waals surface area contributed by atoms with Gasteiger partial charge in [0.1, 0.15) is 5.82 Å². The van der Waals surface area contributed by atoms with Gasteiger partial charge in [-0.3, -0.25) is 0 Å². The van der Waals surface area contributed by atoms with Gasteiger partial charge in [0.25, 0.3) is 0 Å². The first kappa shape index (κ1) is 14.9. The number of halogens is 2. The first-order chi connectivity index (χ1) is 8.81. The Morgan fingerprint density at radius 3 is 2.58 bits per heavy atom. The van der Waals surface area contributed by atoms with Crippen LogP contribution in [0.2, 0.25) is 0 Å². The van der Waals surface area contributed by atoms with Crippen LogP contribution >= 0.6 is 15.9 Å². The zero-order chi connectivity index (χ0) is 14.3. The van der Waals surface area contributed by atoms with E-state index >= 15 is 0 Å². The van der Waals surface area contributed by atoms with E-state index in [1.54, 1.807) is 6.07 Å². The Hall–Kier alpha value is -0.450. The molecule has 19 heavy (non-hydrogen) atoms. The standard InChI is InChI=1S/C15H21BrFNO/c1-14(2)5-6-15(9-18,13(14)19)8-10-3-4-11(17)7-12(10)16/h3-4,7,13,19H,5-6,8-9,18H2,1-2H3. The summed E-state index contributed by atoms with van der Waals surface area (Å²) in [6, 6.07) is 4.69. The van der Waals surface area contributed by atoms with Gasteiger partial charge in [0.05, 0.1) is 6.10 Å². The van der Waals surface area contributed by atoms with Crippen LogP contribution in [-0.2, 0) is 6.42 Å². The highest BCUT2D eigenvalue weighted by atomic mass is 79.9. The van der Waals surface area contributed by atoms with Gasteiger partial charge in [-0.1, -0.05) is 35.8 Å². The van der Waals surface area contributed by atoms with Crippen molar-refractivity contribution >= 4 is 15.9 Å². The number of rotatable bonds is 3. The molecule has 0 radical (unpaired) electrons. The van der Waals surface area contributed by atoms with Crippen LogP contribution in [0.25, 0.3) is 0 Å². The van der Waals surface area contributed by atoms with Gasteiger partial charge in [-0.25, -0.2) is 4.39 Å². The van der Waals surface area contributed by atoms with Crippen LogP contribution in [0.15, 0.2) is 22.7 Å². The molecule has 0 aliphatic heterocycles. The third-order valence-corrected chi connectivity index (χ3v) is 5.29. The molecular weight excluding hydrogens is 309 g/mol. The van der Waals surface area contributed by atoms with E-state index in [0.717, 1.165) is 22.9 Å². The van der Waals surface area contributed by atoms with Crippen LogP contribution in [0.3, 0.4) is 0 Å². The molecule has 2 unspecified atom stereocenters. The van der Waals surface area contributed by atoms with Gasteiger partial charge in [-0.15, -0.1) is 0 Å². The Balaban J connectivity index is 2.29. The Morgan fingerprint density at radius 2 is 2.11 bits per heavy atom. The Bertz CT molecular complexity index is 477. The number of aliphatic hydroxyl groups is 1. The third kappa shape index (κ3) is 2.71. The van der Waals surface area contributed by atoms with Gasteiger partial charge in [-0.2, -0.15) is 0 Å². The van der Waals surface area contributed by atoms with Crippen molar-refractivity contribution in [3.05, 3.63) is 34.1 Å². The van der Waals surface area contributed by atoms with Crippen molar-refractivity contribution in [2.24, 2.45) is 16.6 Å². The second-order valence-electron chi connectivity index (χ2n) is 6.37. The lowest BCUT2D eigenvalue weighted by atomic mass is 9.74. The summed E-state index contributed by atoms with van der Waals surface area (Å²) in [5, 5.41) is 10.6. The van der Waals surface area contributed by atoms with Crippen LogP contribution in [0.4, 0.5) is 4.39 Å². The predicted molar refractivity (Wildman–Crippen MR) is 78.3 cm³/mol. The summed E-state index contributed by atoms with van der Waals surface area (Å²) in [5.74, 6) is -0.260. The van der Waals surface area contributed by atoms with Crippen molar-refractivity contribution in [2.45, 2.75) is 39.2 Å². The maximum absolute atomic E-state index is 13.1. The summed E-state index contributed by atoms with van der Waals surface area (Å²) >= 11 is 3.39. The van der Waals surface area contributed by atoms with Crippen LogP contribution in [0, 0.1) is 16.6 Å². The van der Waals surface area contributed by atoms with Gasteiger partial charge < -0.3 is 10.8 Å². The van der Waals surface area contributed by atoms with Crippen LogP contribution < -0.4 is 5.73 Å². The maximum atomic E-state index is 13.1. The molecule has 1 aromatic carbocycles. The molecule has 2 nitrogen and oxygen atoms in total. The second-order valence-corrected chi connectivity index (χ2v) is 7.22. The number of hydrogen-bond donors (Lipinski definition) is 2. The lowest BCUT2D eigenvalue weighted by molar-refractivity contribution is -0.00471. The molecule has 4 heteroatoms. The summed E-state index contributed by atoms with van der Waals surface area (Å²) in [5.41, 5.74) is 6.56. The van der Waals surface area contributed by atoms with Crippen molar-refractivity contribution in [1.82, 2.24) is 0 Å². The Kier molecular flexibility index (Phi) is 4.05. The van der Waals surface area contributed by atoms with E-state index in [4.69, 9.17) is 5.73 Å². The van der Waals surface area contributed by atoms with Crippen molar-refractivity contribution in [1.29, 1.82) is 0 Å². The maximum Gasteiger partial charge on any atom is 0.124 e. The molecule has 1 saturated carbocycles. The smallest absolute Gasteiger partial charge is 0.124 e. The largest absolute Gasteiger partial charge is 0.392 e. The molecule has 0 heterocycles. The second kappa shape index (κ2) is 5.15. The fraction of sp³-hybridized carbons (Fsp3) is 0.600. The molecule has 106 valence electrons. The molecule has 1 fully saturated rings. The Morgan fingerprint density at radius 1 is 1.42 bits per heavy atom. The van der Waals surface area contributed by atoms with Gasteiger partial charge >= 0.3 is 0 Å². The van der Waals surface area contributed by atoms with Crippen molar-refractivity contribution in [3.8, 4) is 0 Å². The van der Waals surface area contributed by atoms with Crippen LogP contribution in [-0.4, -0.2) is 17.8 Å². The third-order valence-electron chi connectivity index (χ3n) is 4.55. The zero-order valence-corrected chi connectivity index (χ0v) is 13.0. The van der Waals surface area contributed by atoms with E-state index in [9.17, 15) is 9.50 Å². The quantitative estimate of drug-likeness (QED) is 0.894. The van der Waals surface area contributed by atoms with Gasteiger partial charge in [-0.05, 0) is 42.4 Å². The number of benzene rings is 1. The zero-order valence-electron chi connectivity index (χ0n) is 11.4. The predicted octanol–water partition coefficient (Wildman–Crippen LogP) is 3.26. The molecule has 0 saturated heterocycles. The number of hydrogen-bond acceptors (Lipinski definition) is 2. The minimum Gasteiger partial charge on any atom is -0.392 e. The van der Waals surface area contributed by atoms with E-state index in [1.807, 2.05) is 0 Å². The topological polar surface area (TPSA) is 46.2 Å². The molecule has 1 aliphatic carbocycles. The van der Waals surface area contributed by atoms with Crippen molar-refractivity contribution < 1.29 is 9.50 Å². The van der Waals surface area contributed by atoms with E-state index in [1.165, 1.54) is 12.1 Å². The molecule has 3 N–H and O–H groups in total. The molecule has 0 bridgehead atoms. The molecule has 0 amide bonds. The highest BCUT2D eigenvalue weighted by Crippen LogP contribution is 2.50. The fourth-order valence-corrected chi connectivity index (χ4v) is 3.68. The van der Waals surface area contributed by atoms with Gasteiger partial charge in [0.2, 0.25) is 0 Å². The highest BCUT2D eigenvalue weighted by molar-refractivity contribution is 9.10. The SMILES string of the molecule is CC1(C)CCC(CN)(Cc2ccc(F)cc2Br)C1O. The van der Waals surface area contributed by atoms with E-state index in [2.05, 4.69) is 29.8 Å². The summed E-state index contributed by atoms with van der Waals surface area (Å²) in [4.78, 5) is 0. The normalized spacial score (nSPS) is 29.7. The molecule has 1 aromatic rings. The van der Waals surface area contributed by atoms with Crippen LogP contribution in [0.1, 0.15) is 32.3 Å². The summed E-state index contributed by atoms with van der Waals surface area (Å²) in [7, 11) is 0. The number of aliphatic hydroxyl groups excluding tert-OH is 1. The summed E-state index contributed by atoms with van der Waals surface area (Å²) in [6.07, 6.45) is 2.11. The molecular formula is C15H21BrFNO. The van der Waals surface area contributed by atoms with Gasteiger partial charge in [0.15, 0.2) is 0 Å².